The number of hydrogen-bond donors (Lipinski definition) is 2. The Kier molecular flexibility index (Phi) is 4.24. The molecule has 1 amide bonds. The summed E-state index contributed by atoms with van der Waals surface area (Å²) in [4.78, 5) is 19.2. The van der Waals surface area contributed by atoms with E-state index in [1.54, 1.807) is 0 Å². The summed E-state index contributed by atoms with van der Waals surface area (Å²) in [6, 6.07) is -0.0419. The van der Waals surface area contributed by atoms with Crippen LogP contribution in [0.25, 0.3) is 0 Å². The van der Waals surface area contributed by atoms with E-state index in [-0.39, 0.29) is 23.2 Å². The number of anilines is 1. The lowest BCUT2D eigenvalue weighted by atomic mass is 9.84. The van der Waals surface area contributed by atoms with Crippen LogP contribution in [-0.2, 0) is 4.79 Å². The summed E-state index contributed by atoms with van der Waals surface area (Å²) in [6.07, 6.45) is 5.16. The Labute approximate surface area is 115 Å². The second kappa shape index (κ2) is 5.71. The highest BCUT2D eigenvalue weighted by Gasteiger charge is 2.30. The van der Waals surface area contributed by atoms with Crippen LogP contribution in [-0.4, -0.2) is 21.9 Å². The van der Waals surface area contributed by atoms with Gasteiger partial charge in [0.25, 0.3) is 0 Å². The highest BCUT2D eigenvalue weighted by Crippen LogP contribution is 2.29. The molecule has 1 heterocycles. The van der Waals surface area contributed by atoms with E-state index < -0.39 is 0 Å². The van der Waals surface area contributed by atoms with Crippen molar-refractivity contribution < 1.29 is 4.79 Å². The van der Waals surface area contributed by atoms with Crippen molar-refractivity contribution >= 4 is 34.9 Å². The van der Waals surface area contributed by atoms with E-state index in [1.165, 1.54) is 6.20 Å². The summed E-state index contributed by atoms with van der Waals surface area (Å²) < 4.78 is 0. The number of amides is 1. The highest BCUT2D eigenvalue weighted by molar-refractivity contribution is 6.33. The molecule has 0 aliphatic heterocycles. The average Bonchev–Trinajstić information content (AvgIpc) is 2.34. The average molecular weight is 289 g/mol. The summed E-state index contributed by atoms with van der Waals surface area (Å²) >= 11 is 11.7. The minimum Gasteiger partial charge on any atom is -0.369 e. The predicted molar refractivity (Wildman–Crippen MR) is 70.6 cm³/mol. The van der Waals surface area contributed by atoms with Gasteiger partial charge < -0.3 is 11.1 Å². The van der Waals surface area contributed by atoms with Gasteiger partial charge in [-0.15, -0.1) is 0 Å². The Balaban J connectivity index is 2.15. The molecule has 1 fully saturated rings. The van der Waals surface area contributed by atoms with Crippen molar-refractivity contribution in [2.24, 2.45) is 11.7 Å². The van der Waals surface area contributed by atoms with Crippen LogP contribution < -0.4 is 11.1 Å². The number of primary amides is 1. The van der Waals surface area contributed by atoms with E-state index in [0.717, 1.165) is 25.7 Å². The quantitative estimate of drug-likeness (QED) is 0.836. The smallest absolute Gasteiger partial charge is 0.224 e. The van der Waals surface area contributed by atoms with Gasteiger partial charge >= 0.3 is 0 Å². The molecule has 98 valence electrons. The molecule has 0 aromatic carbocycles. The number of nitrogens with one attached hydrogen (secondary N) is 1. The zero-order valence-electron chi connectivity index (χ0n) is 9.70. The standard InChI is InChI=1S/C11H14Cl2N4O/c12-7-5-15-11(13)17-10(7)16-8-4-2-1-3-6(8)9(14)18/h5-6,8H,1-4H2,(H2,14,18)(H,15,16,17)/t6-,8-/m0/s1. The van der Waals surface area contributed by atoms with Crippen LogP contribution in [0.4, 0.5) is 5.82 Å². The molecule has 7 heteroatoms. The van der Waals surface area contributed by atoms with Gasteiger partial charge in [0.2, 0.25) is 11.2 Å². The van der Waals surface area contributed by atoms with Crippen LogP contribution in [0.1, 0.15) is 25.7 Å². The van der Waals surface area contributed by atoms with Gasteiger partial charge in [0.15, 0.2) is 0 Å². The summed E-state index contributed by atoms with van der Waals surface area (Å²) in [7, 11) is 0. The molecule has 2 atom stereocenters. The number of aromatic nitrogens is 2. The summed E-state index contributed by atoms with van der Waals surface area (Å²) in [5.41, 5.74) is 5.41. The Morgan fingerprint density at radius 3 is 2.83 bits per heavy atom. The second-order valence-corrected chi connectivity index (χ2v) is 5.12. The molecule has 1 aromatic rings. The van der Waals surface area contributed by atoms with E-state index in [1.807, 2.05) is 0 Å². The van der Waals surface area contributed by atoms with Gasteiger partial charge in [-0.05, 0) is 24.4 Å². The van der Waals surface area contributed by atoms with Crippen molar-refractivity contribution in [2.75, 3.05) is 5.32 Å². The molecule has 18 heavy (non-hydrogen) atoms. The van der Waals surface area contributed by atoms with Gasteiger partial charge in [0, 0.05) is 6.04 Å². The van der Waals surface area contributed by atoms with Crippen LogP contribution in [0.5, 0.6) is 0 Å². The minimum atomic E-state index is -0.288. The molecule has 0 unspecified atom stereocenters. The normalized spacial score (nSPS) is 23.7. The Bertz CT molecular complexity index is 455. The Morgan fingerprint density at radius 1 is 1.39 bits per heavy atom. The molecular formula is C11H14Cl2N4O. The molecule has 0 bridgehead atoms. The maximum Gasteiger partial charge on any atom is 0.224 e. The fraction of sp³-hybridized carbons (Fsp3) is 0.545. The molecular weight excluding hydrogens is 275 g/mol. The largest absolute Gasteiger partial charge is 0.369 e. The van der Waals surface area contributed by atoms with Crippen LogP contribution >= 0.6 is 23.2 Å². The number of nitrogens with zero attached hydrogens (tertiary/aromatic N) is 2. The van der Waals surface area contributed by atoms with Crippen LogP contribution in [0, 0.1) is 5.92 Å². The maximum absolute atomic E-state index is 11.4. The number of carbonyl (C=O) groups excluding carboxylic acids is 1. The molecule has 0 spiro atoms. The van der Waals surface area contributed by atoms with Crippen LogP contribution in [0.3, 0.4) is 0 Å². The zero-order chi connectivity index (χ0) is 13.1. The molecule has 0 saturated heterocycles. The molecule has 2 rings (SSSR count). The molecule has 1 saturated carbocycles. The van der Waals surface area contributed by atoms with Crippen molar-refractivity contribution in [1.29, 1.82) is 0 Å². The Morgan fingerprint density at radius 2 is 2.11 bits per heavy atom. The third-order valence-corrected chi connectivity index (χ3v) is 3.63. The first kappa shape index (κ1) is 13.4. The SMILES string of the molecule is NC(=O)[C@H]1CCCC[C@@H]1Nc1nc(Cl)ncc1Cl. The van der Waals surface area contributed by atoms with Gasteiger partial charge in [0.05, 0.1) is 12.1 Å². The van der Waals surface area contributed by atoms with E-state index in [4.69, 9.17) is 28.9 Å². The number of halogens is 2. The van der Waals surface area contributed by atoms with Crippen LogP contribution in [0.2, 0.25) is 10.3 Å². The fourth-order valence-electron chi connectivity index (χ4n) is 2.27. The molecule has 3 N–H and O–H groups in total. The van der Waals surface area contributed by atoms with Crippen molar-refractivity contribution in [3.63, 3.8) is 0 Å². The number of hydrogen-bond acceptors (Lipinski definition) is 4. The maximum atomic E-state index is 11.4. The number of rotatable bonds is 3. The van der Waals surface area contributed by atoms with Gasteiger partial charge in [-0.3, -0.25) is 4.79 Å². The second-order valence-electron chi connectivity index (χ2n) is 4.38. The first-order chi connectivity index (χ1) is 8.58. The number of nitrogens with two attached hydrogens (primary N) is 1. The van der Waals surface area contributed by atoms with E-state index in [0.29, 0.717) is 10.8 Å². The van der Waals surface area contributed by atoms with Crippen molar-refractivity contribution in [3.05, 3.63) is 16.5 Å². The van der Waals surface area contributed by atoms with Crippen molar-refractivity contribution in [1.82, 2.24) is 9.97 Å². The third-order valence-electron chi connectivity index (χ3n) is 3.17. The van der Waals surface area contributed by atoms with Gasteiger partial charge in [-0.2, -0.15) is 4.98 Å². The summed E-state index contributed by atoms with van der Waals surface area (Å²) in [5, 5.41) is 3.65. The Hall–Kier alpha value is -1.07. The lowest BCUT2D eigenvalue weighted by molar-refractivity contribution is -0.122. The third kappa shape index (κ3) is 3.03. The predicted octanol–water partition coefficient (Wildman–Crippen LogP) is 2.24. The zero-order valence-corrected chi connectivity index (χ0v) is 11.2. The molecule has 5 nitrogen and oxygen atoms in total. The van der Waals surface area contributed by atoms with Crippen LogP contribution in [0.15, 0.2) is 6.20 Å². The lowest BCUT2D eigenvalue weighted by Gasteiger charge is -2.30. The fourth-order valence-corrected chi connectivity index (χ4v) is 2.55. The molecule has 1 aromatic heterocycles. The minimum absolute atomic E-state index is 0.0419. The molecule has 1 aliphatic carbocycles. The lowest BCUT2D eigenvalue weighted by Crippen LogP contribution is -2.40. The molecule has 0 radical (unpaired) electrons. The summed E-state index contributed by atoms with van der Waals surface area (Å²) in [6.45, 7) is 0. The first-order valence-electron chi connectivity index (χ1n) is 5.82. The van der Waals surface area contributed by atoms with E-state index in [9.17, 15) is 4.79 Å². The van der Waals surface area contributed by atoms with Gasteiger partial charge in [-0.25, -0.2) is 4.98 Å². The molecule has 1 aliphatic rings. The van der Waals surface area contributed by atoms with Crippen molar-refractivity contribution in [2.45, 2.75) is 31.7 Å². The summed E-state index contributed by atoms with van der Waals surface area (Å²) in [5.74, 6) is -0.0261. The first-order valence-corrected chi connectivity index (χ1v) is 6.57. The van der Waals surface area contributed by atoms with Crippen molar-refractivity contribution in [3.8, 4) is 0 Å². The number of carbonyl (C=O) groups is 1. The van der Waals surface area contributed by atoms with Gasteiger partial charge in [-0.1, -0.05) is 24.4 Å². The van der Waals surface area contributed by atoms with E-state index in [2.05, 4.69) is 15.3 Å². The monoisotopic (exact) mass is 288 g/mol. The van der Waals surface area contributed by atoms with Gasteiger partial charge in [0.1, 0.15) is 10.8 Å². The highest BCUT2D eigenvalue weighted by atomic mass is 35.5. The topological polar surface area (TPSA) is 80.9 Å². The van der Waals surface area contributed by atoms with E-state index >= 15 is 0 Å².